The van der Waals surface area contributed by atoms with Crippen molar-refractivity contribution in [2.45, 2.75) is 38.6 Å². The first-order valence-electron chi connectivity index (χ1n) is 5.66. The normalized spacial score (nSPS) is 14.8. The van der Waals surface area contributed by atoms with Crippen molar-refractivity contribution in [2.24, 2.45) is 5.41 Å². The monoisotopic (exact) mass is 290 g/mol. The van der Waals surface area contributed by atoms with Crippen molar-refractivity contribution in [2.75, 3.05) is 7.05 Å². The fourth-order valence-corrected chi connectivity index (χ4v) is 3.04. The number of nitrogens with zero attached hydrogens (tertiary/aromatic N) is 2. The molecule has 0 saturated heterocycles. The van der Waals surface area contributed by atoms with Gasteiger partial charge in [-0.15, -0.1) is 0 Å². The van der Waals surface area contributed by atoms with E-state index in [1.165, 1.54) is 22.6 Å². The van der Waals surface area contributed by atoms with Crippen LogP contribution in [0.15, 0.2) is 23.2 Å². The van der Waals surface area contributed by atoms with Crippen LogP contribution in [0.4, 0.5) is 0 Å². The molecule has 1 aromatic heterocycles. The van der Waals surface area contributed by atoms with Gasteiger partial charge in [-0.2, -0.15) is 4.31 Å². The second kappa shape index (κ2) is 5.15. The Morgan fingerprint density at radius 3 is 2.28 bits per heavy atom. The highest BCUT2D eigenvalue weighted by molar-refractivity contribution is 7.89. The Balaban J connectivity index is 3.11. The maximum absolute atomic E-state index is 12.4. The van der Waals surface area contributed by atoms with E-state index in [2.05, 4.69) is 4.98 Å². The van der Waals surface area contributed by atoms with Crippen LogP contribution in [0.3, 0.4) is 0 Å². The average molecular weight is 291 g/mol. The number of hydrogen-bond donors (Lipinski definition) is 0. The van der Waals surface area contributed by atoms with Gasteiger partial charge in [0.1, 0.15) is 10.0 Å². The molecule has 0 N–H and O–H groups in total. The van der Waals surface area contributed by atoms with Crippen molar-refractivity contribution >= 4 is 21.6 Å². The van der Waals surface area contributed by atoms with Crippen LogP contribution in [0.1, 0.15) is 27.7 Å². The molecular formula is C12H19ClN2O2S. The summed E-state index contributed by atoms with van der Waals surface area (Å²) in [6, 6.07) is 2.82. The molecular weight excluding hydrogens is 272 g/mol. The Morgan fingerprint density at radius 1 is 1.33 bits per heavy atom. The summed E-state index contributed by atoms with van der Waals surface area (Å²) >= 11 is 5.66. The highest BCUT2D eigenvalue weighted by Gasteiger charge is 2.32. The van der Waals surface area contributed by atoms with E-state index < -0.39 is 10.0 Å². The number of hydrogen-bond acceptors (Lipinski definition) is 3. The lowest BCUT2D eigenvalue weighted by atomic mass is 9.88. The zero-order chi connectivity index (χ0) is 14.1. The van der Waals surface area contributed by atoms with Crippen molar-refractivity contribution in [1.29, 1.82) is 0 Å². The minimum atomic E-state index is -3.53. The van der Waals surface area contributed by atoms with Crippen molar-refractivity contribution in [1.82, 2.24) is 9.29 Å². The molecule has 0 aliphatic rings. The van der Waals surface area contributed by atoms with Gasteiger partial charge >= 0.3 is 0 Å². The maximum Gasteiger partial charge on any atom is 0.244 e. The van der Waals surface area contributed by atoms with E-state index in [1.807, 2.05) is 27.7 Å². The zero-order valence-corrected chi connectivity index (χ0v) is 12.9. The second-order valence-electron chi connectivity index (χ2n) is 5.38. The third-order valence-electron chi connectivity index (χ3n) is 3.18. The number of aromatic nitrogens is 1. The summed E-state index contributed by atoms with van der Waals surface area (Å²) in [7, 11) is -1.94. The lowest BCUT2D eigenvalue weighted by Gasteiger charge is -2.34. The molecule has 6 heteroatoms. The van der Waals surface area contributed by atoms with E-state index in [4.69, 9.17) is 11.6 Å². The zero-order valence-electron chi connectivity index (χ0n) is 11.3. The van der Waals surface area contributed by atoms with Crippen LogP contribution >= 0.6 is 11.6 Å². The molecule has 0 saturated carbocycles. The summed E-state index contributed by atoms with van der Waals surface area (Å²) in [4.78, 5) is 3.97. The van der Waals surface area contributed by atoms with Crippen LogP contribution in [0.2, 0.25) is 5.15 Å². The maximum atomic E-state index is 12.4. The van der Waals surface area contributed by atoms with E-state index in [9.17, 15) is 8.42 Å². The highest BCUT2D eigenvalue weighted by Crippen LogP contribution is 2.27. The predicted molar refractivity (Wildman–Crippen MR) is 73.1 cm³/mol. The van der Waals surface area contributed by atoms with Gasteiger partial charge in [0.15, 0.2) is 0 Å². The molecule has 18 heavy (non-hydrogen) atoms. The first-order chi connectivity index (χ1) is 8.06. The lowest BCUT2D eigenvalue weighted by Crippen LogP contribution is -2.42. The molecule has 1 rings (SSSR count). The number of rotatable bonds is 3. The largest absolute Gasteiger partial charge is 0.244 e. The molecule has 1 heterocycles. The van der Waals surface area contributed by atoms with Crippen molar-refractivity contribution in [3.63, 3.8) is 0 Å². The summed E-state index contributed by atoms with van der Waals surface area (Å²) in [5.41, 5.74) is -0.137. The van der Waals surface area contributed by atoms with Crippen LogP contribution in [0.25, 0.3) is 0 Å². The van der Waals surface area contributed by atoms with Gasteiger partial charge in [0.05, 0.1) is 0 Å². The highest BCUT2D eigenvalue weighted by atomic mass is 35.5. The molecule has 1 atom stereocenters. The molecule has 0 aliphatic carbocycles. The van der Waals surface area contributed by atoms with E-state index >= 15 is 0 Å². The molecule has 0 radical (unpaired) electrons. The van der Waals surface area contributed by atoms with E-state index in [-0.39, 0.29) is 21.5 Å². The van der Waals surface area contributed by atoms with Crippen LogP contribution in [-0.2, 0) is 10.0 Å². The summed E-state index contributed by atoms with van der Waals surface area (Å²) in [5.74, 6) is 0. The molecule has 4 nitrogen and oxygen atoms in total. The van der Waals surface area contributed by atoms with E-state index in [0.29, 0.717) is 0 Å². The molecule has 1 unspecified atom stereocenters. The predicted octanol–water partition coefficient (Wildman–Crippen LogP) is 2.79. The number of sulfonamides is 1. The van der Waals surface area contributed by atoms with Crippen LogP contribution < -0.4 is 0 Å². The Kier molecular flexibility index (Phi) is 4.41. The van der Waals surface area contributed by atoms with Gasteiger partial charge in [0.25, 0.3) is 0 Å². The Hall–Kier alpha value is -0.650. The van der Waals surface area contributed by atoms with Gasteiger partial charge in [-0.25, -0.2) is 13.4 Å². The third kappa shape index (κ3) is 3.22. The van der Waals surface area contributed by atoms with Gasteiger partial charge in [0.2, 0.25) is 10.0 Å². The van der Waals surface area contributed by atoms with Crippen LogP contribution in [0.5, 0.6) is 0 Å². The van der Waals surface area contributed by atoms with Crippen molar-refractivity contribution < 1.29 is 8.42 Å². The SMILES string of the molecule is CC(N(C)S(=O)(=O)c1ccc(Cl)nc1)C(C)(C)C. The summed E-state index contributed by atoms with van der Waals surface area (Å²) in [6.45, 7) is 7.90. The van der Waals surface area contributed by atoms with Gasteiger partial charge in [-0.05, 0) is 24.5 Å². The lowest BCUT2D eigenvalue weighted by molar-refractivity contribution is 0.216. The molecule has 0 amide bonds. The molecule has 0 spiro atoms. The van der Waals surface area contributed by atoms with Gasteiger partial charge in [-0.3, -0.25) is 0 Å². The minimum Gasteiger partial charge on any atom is -0.243 e. The first kappa shape index (κ1) is 15.4. The minimum absolute atomic E-state index is 0.127. The van der Waals surface area contributed by atoms with E-state index in [0.717, 1.165) is 0 Å². The quantitative estimate of drug-likeness (QED) is 0.804. The van der Waals surface area contributed by atoms with Gasteiger partial charge in [-0.1, -0.05) is 32.4 Å². The number of halogens is 1. The molecule has 0 bridgehead atoms. The summed E-state index contributed by atoms with van der Waals surface area (Å²) in [5, 5.41) is 0.278. The molecule has 1 aromatic rings. The standard InChI is InChI=1S/C12H19ClN2O2S/c1-9(12(2,3)4)15(5)18(16,17)10-6-7-11(13)14-8-10/h6-9H,1-5H3. The topological polar surface area (TPSA) is 50.3 Å². The summed E-state index contributed by atoms with van der Waals surface area (Å²) in [6.07, 6.45) is 1.28. The van der Waals surface area contributed by atoms with Crippen molar-refractivity contribution in [3.8, 4) is 0 Å². The fourth-order valence-electron chi connectivity index (χ4n) is 1.43. The third-order valence-corrected chi connectivity index (χ3v) is 5.31. The summed E-state index contributed by atoms with van der Waals surface area (Å²) < 4.78 is 26.1. The fraction of sp³-hybridized carbons (Fsp3) is 0.583. The number of pyridine rings is 1. The average Bonchev–Trinajstić information content (AvgIpc) is 2.26. The Bertz CT molecular complexity index is 506. The Morgan fingerprint density at radius 2 is 1.89 bits per heavy atom. The van der Waals surface area contributed by atoms with Crippen LogP contribution in [-0.4, -0.2) is 30.8 Å². The molecule has 0 aliphatic heterocycles. The first-order valence-corrected chi connectivity index (χ1v) is 7.48. The Labute approximate surface area is 114 Å². The second-order valence-corrected chi connectivity index (χ2v) is 7.76. The van der Waals surface area contributed by atoms with E-state index in [1.54, 1.807) is 7.05 Å². The molecule has 0 aromatic carbocycles. The van der Waals surface area contributed by atoms with Gasteiger partial charge in [0, 0.05) is 19.3 Å². The van der Waals surface area contributed by atoms with Crippen molar-refractivity contribution in [3.05, 3.63) is 23.5 Å². The molecule has 0 fully saturated rings. The van der Waals surface area contributed by atoms with Crippen LogP contribution in [0, 0.1) is 5.41 Å². The molecule has 102 valence electrons. The smallest absolute Gasteiger partial charge is 0.243 e. The van der Waals surface area contributed by atoms with Gasteiger partial charge < -0.3 is 0 Å².